The van der Waals surface area contributed by atoms with Gasteiger partial charge in [-0.1, -0.05) is 24.3 Å². The van der Waals surface area contributed by atoms with Crippen LogP contribution in [0.3, 0.4) is 0 Å². The molecule has 0 saturated carbocycles. The summed E-state index contributed by atoms with van der Waals surface area (Å²) in [7, 11) is 0. The molecule has 0 unspecified atom stereocenters. The van der Waals surface area contributed by atoms with Crippen LogP contribution in [0, 0.1) is 13.8 Å². The second-order valence-electron chi connectivity index (χ2n) is 6.84. The second kappa shape index (κ2) is 5.45. The number of carbonyl (C=O) groups is 2. The molecule has 5 rings (SSSR count). The minimum absolute atomic E-state index is 0.142. The van der Waals surface area contributed by atoms with E-state index in [9.17, 15) is 9.59 Å². The van der Waals surface area contributed by atoms with Crippen LogP contribution in [0.15, 0.2) is 48.5 Å². The van der Waals surface area contributed by atoms with E-state index in [0.29, 0.717) is 44.8 Å². The lowest BCUT2D eigenvalue weighted by atomic mass is 9.83. The molecule has 2 aromatic carbocycles. The van der Waals surface area contributed by atoms with Crippen molar-refractivity contribution in [3.63, 3.8) is 0 Å². The van der Waals surface area contributed by atoms with E-state index < -0.39 is 0 Å². The largest absolute Gasteiger partial charge is 0.337 e. The van der Waals surface area contributed by atoms with E-state index >= 15 is 0 Å². The zero-order chi connectivity index (χ0) is 18.7. The first kappa shape index (κ1) is 15.6. The summed E-state index contributed by atoms with van der Waals surface area (Å²) in [5, 5.41) is 0. The van der Waals surface area contributed by atoms with Crippen molar-refractivity contribution in [2.75, 3.05) is 0 Å². The van der Waals surface area contributed by atoms with Crippen molar-refractivity contribution in [2.24, 2.45) is 0 Å². The van der Waals surface area contributed by atoms with E-state index in [1.54, 1.807) is 36.4 Å². The Hall–Kier alpha value is -3.60. The first-order chi connectivity index (χ1) is 13.0. The van der Waals surface area contributed by atoms with Crippen LogP contribution in [0.1, 0.15) is 43.1 Å². The Morgan fingerprint density at radius 2 is 1.56 bits per heavy atom. The zero-order valence-electron chi connectivity index (χ0n) is 14.8. The standard InChI is InChI=1S/C22H15N3O2/c1-11-9-12(2)23-17(10-11)22-24-16-8-7-15-18(19(16)25-22)21(27)14-6-4-3-5-13(14)20(15)26/h3-10H,1-2H3,(H,24,25). The van der Waals surface area contributed by atoms with Crippen molar-refractivity contribution >= 4 is 22.6 Å². The van der Waals surface area contributed by atoms with Crippen LogP contribution in [0.2, 0.25) is 0 Å². The molecule has 1 aliphatic rings. The van der Waals surface area contributed by atoms with E-state index in [-0.39, 0.29) is 11.6 Å². The van der Waals surface area contributed by atoms with E-state index in [1.165, 1.54) is 0 Å². The third-order valence-corrected chi connectivity index (χ3v) is 4.88. The molecular formula is C22H15N3O2. The smallest absolute Gasteiger partial charge is 0.196 e. The fourth-order valence-electron chi connectivity index (χ4n) is 3.74. The number of ketones is 2. The number of benzene rings is 2. The molecule has 0 atom stereocenters. The highest BCUT2D eigenvalue weighted by Crippen LogP contribution is 2.32. The van der Waals surface area contributed by atoms with Crippen molar-refractivity contribution in [1.29, 1.82) is 0 Å². The van der Waals surface area contributed by atoms with E-state index in [4.69, 9.17) is 0 Å². The summed E-state index contributed by atoms with van der Waals surface area (Å²) in [6, 6.07) is 14.4. The maximum atomic E-state index is 13.1. The minimum Gasteiger partial charge on any atom is -0.337 e. The number of carbonyl (C=O) groups excluding carboxylic acids is 2. The van der Waals surface area contributed by atoms with Crippen LogP contribution in [0.4, 0.5) is 0 Å². The number of imidazole rings is 1. The fourth-order valence-corrected chi connectivity index (χ4v) is 3.74. The number of aryl methyl sites for hydroxylation is 2. The highest BCUT2D eigenvalue weighted by atomic mass is 16.1. The van der Waals surface area contributed by atoms with Gasteiger partial charge in [0, 0.05) is 22.4 Å². The van der Waals surface area contributed by atoms with Crippen molar-refractivity contribution < 1.29 is 9.59 Å². The Morgan fingerprint density at radius 3 is 2.30 bits per heavy atom. The Kier molecular flexibility index (Phi) is 3.15. The number of hydrogen-bond donors (Lipinski definition) is 1. The number of hydrogen-bond acceptors (Lipinski definition) is 4. The van der Waals surface area contributed by atoms with Crippen molar-refractivity contribution in [1.82, 2.24) is 15.0 Å². The van der Waals surface area contributed by atoms with Gasteiger partial charge in [-0.15, -0.1) is 0 Å². The van der Waals surface area contributed by atoms with Crippen molar-refractivity contribution in [3.8, 4) is 11.5 Å². The summed E-state index contributed by atoms with van der Waals surface area (Å²) in [5.41, 5.74) is 5.56. The zero-order valence-corrected chi connectivity index (χ0v) is 14.8. The summed E-state index contributed by atoms with van der Waals surface area (Å²) in [6.45, 7) is 3.93. The van der Waals surface area contributed by atoms with Gasteiger partial charge in [-0.3, -0.25) is 9.59 Å². The molecule has 0 spiro atoms. The molecular weight excluding hydrogens is 338 g/mol. The lowest BCUT2D eigenvalue weighted by molar-refractivity contribution is 0.0980. The predicted octanol–water partition coefficient (Wildman–Crippen LogP) is 4.02. The van der Waals surface area contributed by atoms with Gasteiger partial charge in [0.2, 0.25) is 0 Å². The number of nitrogens with zero attached hydrogens (tertiary/aromatic N) is 2. The van der Waals surface area contributed by atoms with Gasteiger partial charge >= 0.3 is 0 Å². The molecule has 2 heterocycles. The van der Waals surface area contributed by atoms with Crippen molar-refractivity contribution in [2.45, 2.75) is 13.8 Å². The van der Waals surface area contributed by atoms with Gasteiger partial charge in [-0.05, 0) is 43.7 Å². The summed E-state index contributed by atoms with van der Waals surface area (Å²) in [5.74, 6) is 0.276. The molecule has 27 heavy (non-hydrogen) atoms. The first-order valence-electron chi connectivity index (χ1n) is 8.70. The van der Waals surface area contributed by atoms with E-state index in [2.05, 4.69) is 15.0 Å². The van der Waals surface area contributed by atoms with Gasteiger partial charge in [0.05, 0.1) is 11.1 Å². The van der Waals surface area contributed by atoms with Crippen LogP contribution in [-0.2, 0) is 0 Å². The molecule has 130 valence electrons. The third-order valence-electron chi connectivity index (χ3n) is 4.88. The molecule has 0 radical (unpaired) electrons. The maximum Gasteiger partial charge on any atom is 0.196 e. The topological polar surface area (TPSA) is 75.7 Å². The minimum atomic E-state index is -0.169. The average Bonchev–Trinajstić information content (AvgIpc) is 3.09. The van der Waals surface area contributed by atoms with Crippen LogP contribution in [-0.4, -0.2) is 26.5 Å². The van der Waals surface area contributed by atoms with Gasteiger partial charge in [-0.2, -0.15) is 0 Å². The number of nitrogens with one attached hydrogen (secondary N) is 1. The monoisotopic (exact) mass is 353 g/mol. The number of pyridine rings is 1. The molecule has 0 aliphatic heterocycles. The van der Waals surface area contributed by atoms with Crippen LogP contribution >= 0.6 is 0 Å². The summed E-state index contributed by atoms with van der Waals surface area (Å²) in [6.07, 6.45) is 0. The molecule has 0 bridgehead atoms. The highest BCUT2D eigenvalue weighted by molar-refractivity contribution is 6.31. The molecule has 5 heteroatoms. The summed E-state index contributed by atoms with van der Waals surface area (Å²) < 4.78 is 0. The molecule has 0 amide bonds. The lowest BCUT2D eigenvalue weighted by Crippen LogP contribution is -2.21. The Morgan fingerprint density at radius 1 is 0.815 bits per heavy atom. The van der Waals surface area contributed by atoms with Gasteiger partial charge in [0.25, 0.3) is 0 Å². The molecule has 0 saturated heterocycles. The average molecular weight is 353 g/mol. The predicted molar refractivity (Wildman–Crippen MR) is 102 cm³/mol. The lowest BCUT2D eigenvalue weighted by Gasteiger charge is -2.17. The van der Waals surface area contributed by atoms with Gasteiger partial charge < -0.3 is 4.98 Å². The number of H-pyrrole nitrogens is 1. The van der Waals surface area contributed by atoms with Gasteiger partial charge in [0.1, 0.15) is 11.2 Å². The fraction of sp³-hybridized carbons (Fsp3) is 0.0909. The van der Waals surface area contributed by atoms with Crippen LogP contribution in [0.25, 0.3) is 22.6 Å². The quantitative estimate of drug-likeness (QED) is 0.494. The normalized spacial score (nSPS) is 13.0. The molecule has 0 fully saturated rings. The van der Waals surface area contributed by atoms with Crippen molar-refractivity contribution in [3.05, 3.63) is 82.0 Å². The Labute approximate surface area is 155 Å². The molecule has 1 N–H and O–H groups in total. The van der Waals surface area contributed by atoms with Crippen LogP contribution in [0.5, 0.6) is 0 Å². The molecule has 4 aromatic rings. The number of rotatable bonds is 1. The van der Waals surface area contributed by atoms with Crippen LogP contribution < -0.4 is 0 Å². The molecule has 1 aliphatic carbocycles. The van der Waals surface area contributed by atoms with E-state index in [0.717, 1.165) is 11.3 Å². The van der Waals surface area contributed by atoms with E-state index in [1.807, 2.05) is 26.0 Å². The Balaban J connectivity index is 1.76. The first-order valence-corrected chi connectivity index (χ1v) is 8.70. The maximum absolute atomic E-state index is 13.1. The number of fused-ring (bicyclic) bond motifs is 4. The SMILES string of the molecule is Cc1cc(C)nc(-c2nc3c4c(ccc3[nH]2)C(=O)c2ccccc2C4=O)c1. The Bertz CT molecular complexity index is 1260. The number of aromatic amines is 1. The second-order valence-corrected chi connectivity index (χ2v) is 6.84. The number of aromatic nitrogens is 3. The third kappa shape index (κ3) is 2.25. The molecule has 2 aromatic heterocycles. The summed E-state index contributed by atoms with van der Waals surface area (Å²) in [4.78, 5) is 38.4. The van der Waals surface area contributed by atoms with Gasteiger partial charge in [-0.25, -0.2) is 9.97 Å². The molecule has 5 nitrogen and oxygen atoms in total. The van der Waals surface area contributed by atoms with Gasteiger partial charge in [0.15, 0.2) is 17.4 Å². The highest BCUT2D eigenvalue weighted by Gasteiger charge is 2.32. The summed E-state index contributed by atoms with van der Waals surface area (Å²) >= 11 is 0.